The molecule has 0 saturated carbocycles. The lowest BCUT2D eigenvalue weighted by atomic mass is 9.90. The monoisotopic (exact) mass is 352 g/mol. The summed E-state index contributed by atoms with van der Waals surface area (Å²) in [4.78, 5) is 20.0. The average Bonchev–Trinajstić information content (AvgIpc) is 3.50. The van der Waals surface area contributed by atoms with Crippen molar-refractivity contribution in [3.8, 4) is 5.75 Å². The zero-order valence-electron chi connectivity index (χ0n) is 15.0. The Morgan fingerprint density at radius 3 is 2.42 bits per heavy atom. The van der Waals surface area contributed by atoms with Crippen LogP contribution < -0.4 is 4.74 Å². The maximum Gasteiger partial charge on any atom is 0.346 e. The predicted octanol–water partition coefficient (Wildman–Crippen LogP) is 4.02. The van der Waals surface area contributed by atoms with Crippen molar-refractivity contribution in [2.75, 3.05) is 20.2 Å². The zero-order chi connectivity index (χ0) is 17.9. The molecule has 0 radical (unpaired) electrons. The molecule has 5 nitrogen and oxygen atoms in total. The Bertz CT molecular complexity index is 740. The van der Waals surface area contributed by atoms with E-state index in [-0.39, 0.29) is 12.3 Å². The predicted molar refractivity (Wildman–Crippen MR) is 98.5 cm³/mol. The van der Waals surface area contributed by atoms with Gasteiger partial charge in [-0.15, -0.1) is 0 Å². The van der Waals surface area contributed by atoms with Crippen molar-refractivity contribution >= 4 is 6.03 Å². The van der Waals surface area contributed by atoms with E-state index in [1.807, 2.05) is 47.4 Å². The summed E-state index contributed by atoms with van der Waals surface area (Å²) in [5.41, 5.74) is 2.35. The Morgan fingerprint density at radius 1 is 1.08 bits per heavy atom. The highest BCUT2D eigenvalue weighted by molar-refractivity contribution is 5.75. The number of piperidine rings is 1. The number of hydroxylamine groups is 2. The highest BCUT2D eigenvalue weighted by atomic mass is 16.8. The molecule has 0 aliphatic carbocycles. The van der Waals surface area contributed by atoms with Crippen LogP contribution in [0.1, 0.15) is 30.2 Å². The van der Waals surface area contributed by atoms with Crippen LogP contribution in [0.3, 0.4) is 0 Å². The molecule has 1 unspecified atom stereocenters. The second-order valence-electron chi connectivity index (χ2n) is 6.96. The third kappa shape index (κ3) is 3.68. The van der Waals surface area contributed by atoms with Crippen LogP contribution in [0.15, 0.2) is 54.6 Å². The third-order valence-electron chi connectivity index (χ3n) is 5.22. The molecular weight excluding hydrogens is 328 g/mol. The maximum atomic E-state index is 12.6. The van der Waals surface area contributed by atoms with Crippen molar-refractivity contribution in [3.05, 3.63) is 65.7 Å². The summed E-state index contributed by atoms with van der Waals surface area (Å²) in [5, 5.41) is 1.49. The van der Waals surface area contributed by atoms with E-state index in [9.17, 15) is 4.79 Å². The minimum absolute atomic E-state index is 0.0123. The number of hydrogen-bond donors (Lipinski definition) is 0. The van der Waals surface area contributed by atoms with Gasteiger partial charge < -0.3 is 9.64 Å². The zero-order valence-corrected chi connectivity index (χ0v) is 15.0. The van der Waals surface area contributed by atoms with Crippen LogP contribution in [-0.4, -0.2) is 36.2 Å². The summed E-state index contributed by atoms with van der Waals surface area (Å²) < 4.78 is 5.21. The van der Waals surface area contributed by atoms with Gasteiger partial charge in [0.15, 0.2) is 0 Å². The van der Waals surface area contributed by atoms with E-state index in [1.165, 1.54) is 10.6 Å². The lowest BCUT2D eigenvalue weighted by Gasteiger charge is -2.31. The molecule has 2 aromatic carbocycles. The molecule has 2 amide bonds. The van der Waals surface area contributed by atoms with E-state index in [0.717, 1.165) is 43.7 Å². The van der Waals surface area contributed by atoms with Gasteiger partial charge in [-0.25, -0.2) is 9.63 Å². The minimum Gasteiger partial charge on any atom is -0.497 e. The van der Waals surface area contributed by atoms with Crippen molar-refractivity contribution in [3.63, 3.8) is 0 Å². The normalized spacial score (nSPS) is 20.1. The standard InChI is InChI=1S/C21H24N2O3/c1-25-19-9-7-16(8-10-19)15-17-11-13-22(14-12-17)21(24)23-20(26-23)18-5-3-2-4-6-18/h2-10,17,20H,11-15H2,1H3. The number of rotatable bonds is 4. The molecular formula is C21H24N2O3. The molecule has 0 aromatic heterocycles. The Morgan fingerprint density at radius 2 is 1.77 bits per heavy atom. The van der Waals surface area contributed by atoms with Crippen LogP contribution in [0.2, 0.25) is 0 Å². The number of benzene rings is 2. The van der Waals surface area contributed by atoms with E-state index < -0.39 is 0 Å². The molecule has 5 heteroatoms. The largest absolute Gasteiger partial charge is 0.497 e. The van der Waals surface area contributed by atoms with Crippen LogP contribution in [0.25, 0.3) is 0 Å². The first-order valence-electron chi connectivity index (χ1n) is 9.17. The van der Waals surface area contributed by atoms with E-state index in [1.54, 1.807) is 7.11 Å². The van der Waals surface area contributed by atoms with Crippen molar-refractivity contribution in [1.82, 2.24) is 9.96 Å². The third-order valence-corrected chi connectivity index (χ3v) is 5.22. The summed E-state index contributed by atoms with van der Waals surface area (Å²) in [6.07, 6.45) is 2.89. The molecule has 0 N–H and O–H groups in total. The van der Waals surface area contributed by atoms with Crippen molar-refractivity contribution < 1.29 is 14.4 Å². The quantitative estimate of drug-likeness (QED) is 0.781. The van der Waals surface area contributed by atoms with Gasteiger partial charge in [0.1, 0.15) is 5.75 Å². The number of urea groups is 1. The number of amides is 2. The Kier molecular flexibility index (Phi) is 4.80. The number of likely N-dealkylation sites (tertiary alicyclic amines) is 1. The number of hydrogen-bond acceptors (Lipinski definition) is 3. The van der Waals surface area contributed by atoms with E-state index in [2.05, 4.69) is 12.1 Å². The molecule has 2 aliphatic heterocycles. The van der Waals surface area contributed by atoms with Gasteiger partial charge in [-0.05, 0) is 42.9 Å². The van der Waals surface area contributed by atoms with Crippen LogP contribution >= 0.6 is 0 Å². The van der Waals surface area contributed by atoms with E-state index >= 15 is 0 Å². The number of carbonyl (C=O) groups is 1. The van der Waals surface area contributed by atoms with Gasteiger partial charge in [-0.1, -0.05) is 42.5 Å². The molecule has 1 atom stereocenters. The lowest BCUT2D eigenvalue weighted by molar-refractivity contribution is 0.121. The van der Waals surface area contributed by atoms with E-state index in [4.69, 9.17) is 9.57 Å². The van der Waals surface area contributed by atoms with Crippen molar-refractivity contribution in [2.24, 2.45) is 5.92 Å². The second kappa shape index (κ2) is 7.38. The molecule has 26 heavy (non-hydrogen) atoms. The molecule has 2 heterocycles. The van der Waals surface area contributed by atoms with Crippen LogP contribution in [-0.2, 0) is 11.3 Å². The number of ether oxygens (including phenoxy) is 1. The molecule has 2 fully saturated rings. The summed E-state index contributed by atoms with van der Waals surface area (Å²) >= 11 is 0. The molecule has 136 valence electrons. The minimum atomic E-state index is -0.222. The molecule has 2 aromatic rings. The van der Waals surface area contributed by atoms with Crippen LogP contribution in [0, 0.1) is 5.92 Å². The Labute approximate surface area is 154 Å². The first kappa shape index (κ1) is 16.9. The maximum absolute atomic E-state index is 12.6. The fourth-order valence-corrected chi connectivity index (χ4v) is 3.60. The molecule has 0 spiro atoms. The van der Waals surface area contributed by atoms with Crippen LogP contribution in [0.4, 0.5) is 4.79 Å². The van der Waals surface area contributed by atoms with Gasteiger partial charge in [0.25, 0.3) is 0 Å². The Hall–Kier alpha value is -2.53. The average molecular weight is 352 g/mol. The molecule has 2 saturated heterocycles. The SMILES string of the molecule is COc1ccc(CC2CCN(C(=O)N3OC3c3ccccc3)CC2)cc1. The van der Waals surface area contributed by atoms with Crippen LogP contribution in [0.5, 0.6) is 5.75 Å². The highest BCUT2D eigenvalue weighted by Gasteiger charge is 2.45. The molecule has 4 rings (SSSR count). The molecule has 0 bridgehead atoms. The number of methoxy groups -OCH3 is 1. The van der Waals surface area contributed by atoms with Gasteiger partial charge in [0, 0.05) is 18.7 Å². The first-order chi connectivity index (χ1) is 12.7. The van der Waals surface area contributed by atoms with Gasteiger partial charge in [0.05, 0.1) is 7.11 Å². The second-order valence-corrected chi connectivity index (χ2v) is 6.96. The fourth-order valence-electron chi connectivity index (χ4n) is 3.60. The summed E-state index contributed by atoms with van der Waals surface area (Å²) in [6, 6.07) is 18.1. The van der Waals surface area contributed by atoms with Gasteiger partial charge in [-0.2, -0.15) is 5.06 Å². The smallest absolute Gasteiger partial charge is 0.346 e. The van der Waals surface area contributed by atoms with Crippen molar-refractivity contribution in [2.45, 2.75) is 25.5 Å². The number of nitrogens with zero attached hydrogens (tertiary/aromatic N) is 2. The first-order valence-corrected chi connectivity index (χ1v) is 9.17. The van der Waals surface area contributed by atoms with Gasteiger partial charge in [-0.3, -0.25) is 0 Å². The topological polar surface area (TPSA) is 45.1 Å². The fraction of sp³-hybridized carbons (Fsp3) is 0.381. The number of carbonyl (C=O) groups excluding carboxylic acids is 1. The molecule has 2 aliphatic rings. The van der Waals surface area contributed by atoms with Gasteiger partial charge >= 0.3 is 6.03 Å². The van der Waals surface area contributed by atoms with Crippen molar-refractivity contribution in [1.29, 1.82) is 0 Å². The van der Waals surface area contributed by atoms with E-state index in [0.29, 0.717) is 5.92 Å². The van der Waals surface area contributed by atoms with Gasteiger partial charge in [0.2, 0.25) is 6.23 Å². The lowest BCUT2D eigenvalue weighted by Crippen LogP contribution is -2.41. The summed E-state index contributed by atoms with van der Waals surface area (Å²) in [7, 11) is 1.68. The summed E-state index contributed by atoms with van der Waals surface area (Å²) in [5.74, 6) is 1.51. The summed E-state index contributed by atoms with van der Waals surface area (Å²) in [6.45, 7) is 1.59. The Balaban J connectivity index is 1.26. The highest BCUT2D eigenvalue weighted by Crippen LogP contribution is 2.38.